The molecule has 2 unspecified atom stereocenters. The number of carboxylic acid groups (broad SMARTS) is 1. The highest BCUT2D eigenvalue weighted by molar-refractivity contribution is 6.30. The van der Waals surface area contributed by atoms with Crippen molar-refractivity contribution in [3.8, 4) is 0 Å². The number of hydrogen-bond donors (Lipinski definition) is 2. The van der Waals surface area contributed by atoms with Gasteiger partial charge in [0.05, 0.1) is 5.02 Å². The molecule has 5 nitrogen and oxygen atoms in total. The van der Waals surface area contributed by atoms with E-state index in [4.69, 9.17) is 16.3 Å². The Bertz CT molecular complexity index is 644. The summed E-state index contributed by atoms with van der Waals surface area (Å²) in [6, 6.07) is 4.16. The molecule has 1 aromatic rings. The van der Waals surface area contributed by atoms with Crippen molar-refractivity contribution >= 4 is 23.7 Å². The lowest BCUT2D eigenvalue weighted by Gasteiger charge is -2.37. The number of aliphatic carboxylic acids is 1. The molecule has 2 N–H and O–H groups in total. The smallest absolute Gasteiger partial charge is 0.408 e. The van der Waals surface area contributed by atoms with Gasteiger partial charge in [0.25, 0.3) is 0 Å². The normalized spacial score (nSPS) is 15.2. The van der Waals surface area contributed by atoms with Gasteiger partial charge >= 0.3 is 12.1 Å². The zero-order valence-corrected chi connectivity index (χ0v) is 15.9. The van der Waals surface area contributed by atoms with Gasteiger partial charge in [-0.3, -0.25) is 0 Å². The SMILES string of the molecule is CCC(c1ccc(Cl)c(F)c1)C(CC)(NC(=O)OC(C)(C)C)C(=O)O. The van der Waals surface area contributed by atoms with Crippen molar-refractivity contribution in [2.24, 2.45) is 0 Å². The summed E-state index contributed by atoms with van der Waals surface area (Å²) in [4.78, 5) is 24.3. The summed E-state index contributed by atoms with van der Waals surface area (Å²) in [7, 11) is 0. The molecule has 25 heavy (non-hydrogen) atoms. The summed E-state index contributed by atoms with van der Waals surface area (Å²) in [5, 5.41) is 12.3. The number of rotatable bonds is 6. The Morgan fingerprint density at radius 3 is 2.32 bits per heavy atom. The lowest BCUT2D eigenvalue weighted by molar-refractivity contribution is -0.146. The molecule has 7 heteroatoms. The molecular formula is C18H25ClFNO4. The molecule has 0 saturated heterocycles. The van der Waals surface area contributed by atoms with Crippen molar-refractivity contribution in [3.63, 3.8) is 0 Å². The quantitative estimate of drug-likeness (QED) is 0.755. The number of nitrogens with one attached hydrogen (secondary N) is 1. The number of alkyl carbamates (subject to hydrolysis) is 1. The van der Waals surface area contributed by atoms with E-state index >= 15 is 0 Å². The van der Waals surface area contributed by atoms with Crippen LogP contribution >= 0.6 is 11.6 Å². The maximum absolute atomic E-state index is 13.9. The molecule has 140 valence electrons. The third kappa shape index (κ3) is 5.08. The third-order valence-electron chi connectivity index (χ3n) is 4.01. The van der Waals surface area contributed by atoms with Crippen LogP contribution in [0.4, 0.5) is 9.18 Å². The maximum atomic E-state index is 13.9. The Labute approximate surface area is 152 Å². The van der Waals surface area contributed by atoms with Gasteiger partial charge in [-0.1, -0.05) is 31.5 Å². The van der Waals surface area contributed by atoms with Crippen LogP contribution in [0.25, 0.3) is 0 Å². The number of amides is 1. The molecule has 0 saturated carbocycles. The van der Waals surface area contributed by atoms with Gasteiger partial charge in [-0.25, -0.2) is 14.0 Å². The van der Waals surface area contributed by atoms with E-state index in [0.29, 0.717) is 12.0 Å². The largest absolute Gasteiger partial charge is 0.479 e. The van der Waals surface area contributed by atoms with Crippen molar-refractivity contribution in [1.82, 2.24) is 5.32 Å². The fraction of sp³-hybridized carbons (Fsp3) is 0.556. The standard InChI is InChI=1S/C18H25ClFNO4/c1-6-12(11-8-9-13(19)14(20)10-11)18(7-2,15(22)23)21-16(24)25-17(3,4)5/h8-10,12H,6-7H2,1-5H3,(H,21,24)(H,22,23). The van der Waals surface area contributed by atoms with Crippen LogP contribution in [-0.2, 0) is 9.53 Å². The lowest BCUT2D eigenvalue weighted by Crippen LogP contribution is -2.58. The topological polar surface area (TPSA) is 75.6 Å². The van der Waals surface area contributed by atoms with E-state index in [-0.39, 0.29) is 11.4 Å². The second kappa shape index (κ2) is 8.04. The minimum atomic E-state index is -1.63. The van der Waals surface area contributed by atoms with Crippen LogP contribution in [-0.4, -0.2) is 28.3 Å². The van der Waals surface area contributed by atoms with E-state index in [2.05, 4.69) is 5.32 Å². The fourth-order valence-corrected chi connectivity index (χ4v) is 2.98. The van der Waals surface area contributed by atoms with Crippen molar-refractivity contribution in [3.05, 3.63) is 34.6 Å². The van der Waals surface area contributed by atoms with Gasteiger partial charge < -0.3 is 15.2 Å². The lowest BCUT2D eigenvalue weighted by atomic mass is 9.75. The molecule has 0 aromatic heterocycles. The highest BCUT2D eigenvalue weighted by atomic mass is 35.5. The summed E-state index contributed by atoms with van der Waals surface area (Å²) in [5.74, 6) is -2.50. The first-order valence-electron chi connectivity index (χ1n) is 8.16. The van der Waals surface area contributed by atoms with Gasteiger partial charge in [0.15, 0.2) is 0 Å². The molecule has 1 amide bonds. The molecular weight excluding hydrogens is 349 g/mol. The van der Waals surface area contributed by atoms with E-state index < -0.39 is 34.9 Å². The maximum Gasteiger partial charge on any atom is 0.408 e. The first-order chi connectivity index (χ1) is 11.5. The predicted molar refractivity (Wildman–Crippen MR) is 94.5 cm³/mol. The molecule has 0 radical (unpaired) electrons. The van der Waals surface area contributed by atoms with Crippen LogP contribution in [0.2, 0.25) is 5.02 Å². The number of ether oxygens (including phenoxy) is 1. The molecule has 0 heterocycles. The molecule has 1 rings (SSSR count). The van der Waals surface area contributed by atoms with E-state index in [1.807, 2.05) is 0 Å². The van der Waals surface area contributed by atoms with Crippen molar-refractivity contribution in [1.29, 1.82) is 0 Å². The third-order valence-corrected chi connectivity index (χ3v) is 4.32. The van der Waals surface area contributed by atoms with Crippen LogP contribution in [0.3, 0.4) is 0 Å². The second-order valence-electron chi connectivity index (χ2n) is 6.89. The monoisotopic (exact) mass is 373 g/mol. The van der Waals surface area contributed by atoms with Crippen LogP contribution in [0.1, 0.15) is 58.9 Å². The van der Waals surface area contributed by atoms with Crippen LogP contribution in [0, 0.1) is 5.82 Å². The van der Waals surface area contributed by atoms with Gasteiger partial charge in [0.2, 0.25) is 0 Å². The molecule has 0 spiro atoms. The predicted octanol–water partition coefficient (Wildman–Crippen LogP) is 4.73. The first kappa shape index (κ1) is 21.2. The Kier molecular flexibility index (Phi) is 6.82. The Morgan fingerprint density at radius 2 is 1.92 bits per heavy atom. The van der Waals surface area contributed by atoms with Crippen molar-refractivity contribution in [2.45, 2.75) is 64.5 Å². The Morgan fingerprint density at radius 1 is 1.32 bits per heavy atom. The minimum absolute atomic E-state index is 0.0453. The van der Waals surface area contributed by atoms with Gasteiger partial charge in [0, 0.05) is 5.92 Å². The number of halogens is 2. The number of carbonyl (C=O) groups excluding carboxylic acids is 1. The Balaban J connectivity index is 3.32. The summed E-state index contributed by atoms with van der Waals surface area (Å²) < 4.78 is 19.1. The number of hydrogen-bond acceptors (Lipinski definition) is 3. The molecule has 0 bridgehead atoms. The second-order valence-corrected chi connectivity index (χ2v) is 7.30. The summed E-state index contributed by atoms with van der Waals surface area (Å²) in [5.41, 5.74) is -1.95. The number of carbonyl (C=O) groups is 2. The number of carboxylic acids is 1. The molecule has 1 aromatic carbocycles. The highest BCUT2D eigenvalue weighted by Crippen LogP contribution is 2.36. The molecule has 0 fully saturated rings. The average molecular weight is 374 g/mol. The zero-order valence-electron chi connectivity index (χ0n) is 15.2. The Hall–Kier alpha value is -1.82. The molecule has 0 aliphatic carbocycles. The fourth-order valence-electron chi connectivity index (χ4n) is 2.86. The summed E-state index contributed by atoms with van der Waals surface area (Å²) in [6.45, 7) is 8.49. The van der Waals surface area contributed by atoms with Gasteiger partial charge in [-0.05, 0) is 51.3 Å². The van der Waals surface area contributed by atoms with Crippen LogP contribution < -0.4 is 5.32 Å². The van der Waals surface area contributed by atoms with Crippen LogP contribution in [0.15, 0.2) is 18.2 Å². The van der Waals surface area contributed by atoms with E-state index in [9.17, 15) is 19.1 Å². The number of benzene rings is 1. The summed E-state index contributed by atoms with van der Waals surface area (Å²) in [6.07, 6.45) is -0.355. The van der Waals surface area contributed by atoms with E-state index in [1.54, 1.807) is 40.7 Å². The van der Waals surface area contributed by atoms with Gasteiger partial charge in [-0.2, -0.15) is 0 Å². The molecule has 0 aliphatic rings. The minimum Gasteiger partial charge on any atom is -0.479 e. The highest BCUT2D eigenvalue weighted by Gasteiger charge is 2.46. The van der Waals surface area contributed by atoms with Gasteiger partial charge in [0.1, 0.15) is 17.0 Å². The average Bonchev–Trinajstić information content (AvgIpc) is 2.48. The molecule has 2 atom stereocenters. The molecule has 0 aliphatic heterocycles. The first-order valence-corrected chi connectivity index (χ1v) is 8.54. The zero-order chi connectivity index (χ0) is 19.4. The van der Waals surface area contributed by atoms with Crippen molar-refractivity contribution in [2.75, 3.05) is 0 Å². The van der Waals surface area contributed by atoms with Crippen LogP contribution in [0.5, 0.6) is 0 Å². The van der Waals surface area contributed by atoms with E-state index in [0.717, 1.165) is 0 Å². The van der Waals surface area contributed by atoms with Crippen molar-refractivity contribution < 1.29 is 23.8 Å². The van der Waals surface area contributed by atoms with Gasteiger partial charge in [-0.15, -0.1) is 0 Å². The van der Waals surface area contributed by atoms with E-state index in [1.165, 1.54) is 12.1 Å². The summed E-state index contributed by atoms with van der Waals surface area (Å²) >= 11 is 5.72.